The van der Waals surface area contributed by atoms with Gasteiger partial charge in [-0.15, -0.1) is 0 Å². The maximum Gasteiger partial charge on any atom is 0.259 e. The molecule has 172 valence electrons. The van der Waals surface area contributed by atoms with E-state index in [1.807, 2.05) is 50.2 Å². The predicted molar refractivity (Wildman–Crippen MR) is 130 cm³/mol. The maximum atomic E-state index is 13.3. The molecule has 1 fully saturated rings. The number of pyridine rings is 2. The fourth-order valence-corrected chi connectivity index (χ4v) is 4.72. The molecule has 1 saturated heterocycles. The number of piperidine rings is 1. The van der Waals surface area contributed by atoms with E-state index in [4.69, 9.17) is 4.98 Å². The first-order valence-corrected chi connectivity index (χ1v) is 11.3. The lowest BCUT2D eigenvalue weighted by molar-refractivity contribution is -0.134. The van der Waals surface area contributed by atoms with Crippen molar-refractivity contribution in [1.82, 2.24) is 20.3 Å². The number of hydrogen-bond donors (Lipinski definition) is 2. The Labute approximate surface area is 195 Å². The van der Waals surface area contributed by atoms with Gasteiger partial charge in [-0.05, 0) is 18.6 Å². The highest BCUT2D eigenvalue weighted by Gasteiger charge is 2.41. The van der Waals surface area contributed by atoms with Gasteiger partial charge in [0.1, 0.15) is 11.9 Å². The molecule has 0 radical (unpaired) electrons. The Morgan fingerprint density at radius 3 is 2.71 bits per heavy atom. The monoisotopic (exact) mass is 456 g/mol. The van der Waals surface area contributed by atoms with Crippen molar-refractivity contribution in [2.45, 2.75) is 32.7 Å². The summed E-state index contributed by atoms with van der Waals surface area (Å²) in [7, 11) is 1.93. The molecule has 0 spiro atoms. The highest BCUT2D eigenvalue weighted by molar-refractivity contribution is 6.28. The second kappa shape index (κ2) is 8.26. The number of amides is 3. The Morgan fingerprint density at radius 2 is 1.91 bits per heavy atom. The van der Waals surface area contributed by atoms with Crippen LogP contribution < -0.4 is 15.1 Å². The third-order valence-electron chi connectivity index (χ3n) is 6.24. The summed E-state index contributed by atoms with van der Waals surface area (Å²) >= 11 is 0. The second-order valence-electron chi connectivity index (χ2n) is 7.99. The number of hydrogen-bond acceptors (Lipinski definition) is 6. The average Bonchev–Trinajstić information content (AvgIpc) is 3.41. The van der Waals surface area contributed by atoms with E-state index in [1.54, 1.807) is 24.7 Å². The van der Waals surface area contributed by atoms with Gasteiger partial charge in [-0.3, -0.25) is 29.6 Å². The van der Waals surface area contributed by atoms with Crippen molar-refractivity contribution in [1.29, 1.82) is 0 Å². The topological polar surface area (TPSA) is 111 Å². The summed E-state index contributed by atoms with van der Waals surface area (Å²) in [5, 5.41) is 4.93. The van der Waals surface area contributed by atoms with Gasteiger partial charge in [0.2, 0.25) is 11.8 Å². The molecule has 1 aromatic carbocycles. The number of aromatic nitrogens is 3. The Bertz CT molecular complexity index is 1460. The zero-order valence-electron chi connectivity index (χ0n) is 19.1. The van der Waals surface area contributed by atoms with Crippen LogP contribution in [0.25, 0.3) is 21.7 Å². The van der Waals surface area contributed by atoms with Crippen molar-refractivity contribution in [2.75, 3.05) is 16.8 Å². The Balaban J connectivity index is 0.00000117. The molecule has 1 unspecified atom stereocenters. The van der Waals surface area contributed by atoms with Gasteiger partial charge < -0.3 is 9.88 Å². The Hall–Kier alpha value is -4.27. The van der Waals surface area contributed by atoms with Crippen LogP contribution in [0.15, 0.2) is 49.1 Å². The lowest BCUT2D eigenvalue weighted by Gasteiger charge is -2.30. The molecule has 9 heteroatoms. The molecule has 6 rings (SSSR count). The smallest absolute Gasteiger partial charge is 0.259 e. The fourth-order valence-electron chi connectivity index (χ4n) is 4.72. The zero-order chi connectivity index (χ0) is 24.0. The molecule has 9 nitrogen and oxygen atoms in total. The lowest BCUT2D eigenvalue weighted by Crippen LogP contribution is -2.53. The van der Waals surface area contributed by atoms with E-state index in [0.29, 0.717) is 17.1 Å². The average molecular weight is 457 g/mol. The number of carbonyl (C=O) groups is 3. The van der Waals surface area contributed by atoms with Crippen LogP contribution >= 0.6 is 0 Å². The van der Waals surface area contributed by atoms with E-state index in [2.05, 4.69) is 15.3 Å². The van der Waals surface area contributed by atoms with Crippen molar-refractivity contribution in [2.24, 2.45) is 0 Å². The summed E-state index contributed by atoms with van der Waals surface area (Å²) in [6, 6.07) is 6.72. The molecular weight excluding hydrogens is 432 g/mol. The van der Waals surface area contributed by atoms with Gasteiger partial charge in [-0.2, -0.15) is 0 Å². The number of benzene rings is 1. The Morgan fingerprint density at radius 1 is 1.09 bits per heavy atom. The Kier molecular flexibility index (Phi) is 5.24. The van der Waals surface area contributed by atoms with Gasteiger partial charge in [-0.1, -0.05) is 26.0 Å². The van der Waals surface area contributed by atoms with Gasteiger partial charge in [0.25, 0.3) is 5.91 Å². The van der Waals surface area contributed by atoms with E-state index < -0.39 is 11.9 Å². The summed E-state index contributed by atoms with van der Waals surface area (Å²) in [5.74, 6) is -0.324. The number of carbonyl (C=O) groups excluding carboxylic acids is 3. The number of anilines is 3. The maximum absolute atomic E-state index is 13.3. The molecule has 0 aliphatic carbocycles. The molecule has 3 aromatic heterocycles. The predicted octanol–water partition coefficient (Wildman–Crippen LogP) is 3.67. The normalized spacial score (nSPS) is 17.1. The first-order chi connectivity index (χ1) is 16.5. The number of nitrogens with one attached hydrogen (secondary N) is 2. The van der Waals surface area contributed by atoms with E-state index >= 15 is 0 Å². The number of fused-ring (bicyclic) bond motifs is 1. The molecule has 3 amide bonds. The van der Waals surface area contributed by atoms with Gasteiger partial charge in [0, 0.05) is 42.0 Å². The number of imide groups is 1. The lowest BCUT2D eigenvalue weighted by atomic mass is 10.0. The van der Waals surface area contributed by atoms with Crippen LogP contribution in [0, 0.1) is 0 Å². The standard InChI is InChI=1S/C23H18N6O3.C2H6/c1-28(17-10-25-15-9-24-8-7-12(15)17)21-13-3-2-4-14-20(13)18(11-26-21)29(23(14)32)16-5-6-19(30)27-22(16)31;1-2/h2-4,7-11,16,25H,5-6H2,1H3,(H,27,30,31);1-2H3. The first kappa shape index (κ1) is 21.6. The first-order valence-electron chi connectivity index (χ1n) is 11.3. The molecule has 0 bridgehead atoms. The van der Waals surface area contributed by atoms with E-state index in [-0.39, 0.29) is 24.7 Å². The molecule has 34 heavy (non-hydrogen) atoms. The van der Waals surface area contributed by atoms with Crippen LogP contribution in [0.3, 0.4) is 0 Å². The third kappa shape index (κ3) is 3.12. The summed E-state index contributed by atoms with van der Waals surface area (Å²) in [4.78, 5) is 52.9. The van der Waals surface area contributed by atoms with Crippen molar-refractivity contribution >= 4 is 56.6 Å². The van der Waals surface area contributed by atoms with E-state index in [1.165, 1.54) is 4.90 Å². The minimum Gasteiger partial charge on any atom is -0.358 e. The van der Waals surface area contributed by atoms with Gasteiger partial charge in [0.05, 0.1) is 34.8 Å². The molecule has 5 heterocycles. The molecule has 0 saturated carbocycles. The summed E-state index contributed by atoms with van der Waals surface area (Å²) in [6.07, 6.45) is 7.54. The SMILES string of the molecule is CC.CN(c1c[nH]c2cnccc12)c1ncc2c3c(cccc13)C(=O)N2C1CCC(=O)NC1=O. The third-order valence-corrected chi connectivity index (χ3v) is 6.24. The highest BCUT2D eigenvalue weighted by Crippen LogP contribution is 2.43. The molecule has 2 aliphatic rings. The van der Waals surface area contributed by atoms with Gasteiger partial charge in [0.15, 0.2) is 0 Å². The number of rotatable bonds is 3. The summed E-state index contributed by atoms with van der Waals surface area (Å²) in [5.41, 5.74) is 2.97. The van der Waals surface area contributed by atoms with Crippen LogP contribution in [0.2, 0.25) is 0 Å². The quantitative estimate of drug-likeness (QED) is 0.455. The minimum atomic E-state index is -0.734. The van der Waals surface area contributed by atoms with Crippen molar-refractivity contribution in [3.8, 4) is 0 Å². The van der Waals surface area contributed by atoms with Crippen molar-refractivity contribution < 1.29 is 14.4 Å². The van der Waals surface area contributed by atoms with E-state index in [0.717, 1.165) is 27.4 Å². The molecule has 2 aliphatic heterocycles. The van der Waals surface area contributed by atoms with Crippen LogP contribution in [0.1, 0.15) is 37.0 Å². The van der Waals surface area contributed by atoms with Crippen LogP contribution in [0.5, 0.6) is 0 Å². The van der Waals surface area contributed by atoms with Gasteiger partial charge in [-0.25, -0.2) is 4.98 Å². The second-order valence-corrected chi connectivity index (χ2v) is 7.99. The van der Waals surface area contributed by atoms with Crippen LogP contribution in [0.4, 0.5) is 17.2 Å². The van der Waals surface area contributed by atoms with Crippen LogP contribution in [-0.4, -0.2) is 45.8 Å². The highest BCUT2D eigenvalue weighted by atomic mass is 16.2. The van der Waals surface area contributed by atoms with Crippen molar-refractivity contribution in [3.05, 3.63) is 54.6 Å². The van der Waals surface area contributed by atoms with E-state index in [9.17, 15) is 14.4 Å². The molecule has 2 N–H and O–H groups in total. The molecule has 1 atom stereocenters. The number of H-pyrrole nitrogens is 1. The summed E-state index contributed by atoms with van der Waals surface area (Å²) in [6.45, 7) is 4.00. The van der Waals surface area contributed by atoms with Crippen LogP contribution in [-0.2, 0) is 9.59 Å². The summed E-state index contributed by atoms with van der Waals surface area (Å²) < 4.78 is 0. The van der Waals surface area contributed by atoms with Gasteiger partial charge >= 0.3 is 0 Å². The van der Waals surface area contributed by atoms with Crippen molar-refractivity contribution in [3.63, 3.8) is 0 Å². The minimum absolute atomic E-state index is 0.198. The fraction of sp³-hybridized carbons (Fsp3) is 0.240. The zero-order valence-corrected chi connectivity index (χ0v) is 19.1. The number of aromatic amines is 1. The molecule has 4 aromatic rings. The number of nitrogens with zero attached hydrogens (tertiary/aromatic N) is 4. The molecular formula is C25H24N6O3. The largest absolute Gasteiger partial charge is 0.358 e.